The highest BCUT2D eigenvalue weighted by Crippen LogP contribution is 2.29. The van der Waals surface area contributed by atoms with Crippen LogP contribution in [0.15, 0.2) is 22.8 Å². The largest absolute Gasteiger partial charge is 0.465 e. The summed E-state index contributed by atoms with van der Waals surface area (Å²) in [6.45, 7) is 5.53. The van der Waals surface area contributed by atoms with E-state index in [2.05, 4.69) is 26.3 Å². The molecule has 1 N–H and O–H groups in total. The summed E-state index contributed by atoms with van der Waals surface area (Å²) in [4.78, 5) is 25.3. The number of halogens is 1. The molecule has 1 aromatic heterocycles. The third-order valence-electron chi connectivity index (χ3n) is 5.13. The molecule has 1 aliphatic rings. The highest BCUT2D eigenvalue weighted by atomic mass is 79.9. The van der Waals surface area contributed by atoms with Crippen LogP contribution in [0, 0.1) is 5.92 Å². The van der Waals surface area contributed by atoms with E-state index in [-0.39, 0.29) is 23.3 Å². The number of carbonyl (C=O) groups is 2. The number of benzene rings is 1. The van der Waals surface area contributed by atoms with Gasteiger partial charge in [-0.15, -0.1) is 0 Å². The molecular weight excluding hydrogens is 462 g/mol. The molecule has 0 spiro atoms. The van der Waals surface area contributed by atoms with Crippen LogP contribution in [0.3, 0.4) is 0 Å². The minimum Gasteiger partial charge on any atom is -0.465 e. The number of rotatable bonds is 5. The molecule has 3 rings (SSSR count). The molecule has 0 bridgehead atoms. The Labute approximate surface area is 178 Å². The van der Waals surface area contributed by atoms with Gasteiger partial charge in [0, 0.05) is 16.1 Å². The van der Waals surface area contributed by atoms with Crippen molar-refractivity contribution in [3.63, 3.8) is 0 Å². The summed E-state index contributed by atoms with van der Waals surface area (Å²) < 4.78 is 30.8. The molecule has 29 heavy (non-hydrogen) atoms. The lowest BCUT2D eigenvalue weighted by molar-refractivity contribution is -0.127. The van der Waals surface area contributed by atoms with Crippen molar-refractivity contribution < 1.29 is 22.7 Å². The van der Waals surface area contributed by atoms with Gasteiger partial charge in [-0.3, -0.25) is 9.48 Å². The Balaban J connectivity index is 1.98. The van der Waals surface area contributed by atoms with Crippen LogP contribution in [0.1, 0.15) is 43.6 Å². The topological polar surface area (TPSA) is 107 Å². The zero-order valence-corrected chi connectivity index (χ0v) is 19.1. The molecule has 0 aliphatic carbocycles. The van der Waals surface area contributed by atoms with Gasteiger partial charge in [-0.05, 0) is 31.4 Å². The Bertz CT molecular complexity index is 1080. The maximum absolute atomic E-state index is 13.1. The fourth-order valence-electron chi connectivity index (χ4n) is 3.74. The number of hydrogen-bond acceptors (Lipinski definition) is 6. The van der Waals surface area contributed by atoms with E-state index in [1.54, 1.807) is 25.3 Å². The van der Waals surface area contributed by atoms with Gasteiger partial charge < -0.3 is 10.1 Å². The van der Waals surface area contributed by atoms with E-state index in [1.807, 2.05) is 13.8 Å². The van der Waals surface area contributed by atoms with Crippen LogP contribution in [-0.2, 0) is 19.4 Å². The highest BCUT2D eigenvalue weighted by Gasteiger charge is 2.41. The summed E-state index contributed by atoms with van der Waals surface area (Å²) in [6.07, 6.45) is 2.04. The molecule has 2 unspecified atom stereocenters. The minimum absolute atomic E-state index is 0.0678. The van der Waals surface area contributed by atoms with E-state index < -0.39 is 27.4 Å². The van der Waals surface area contributed by atoms with Crippen molar-refractivity contribution in [3.05, 3.63) is 28.4 Å². The molecule has 1 saturated heterocycles. The van der Waals surface area contributed by atoms with Crippen LogP contribution < -0.4 is 5.32 Å². The van der Waals surface area contributed by atoms with Gasteiger partial charge in [0.15, 0.2) is 9.84 Å². The Hall–Kier alpha value is -1.94. The number of carbonyl (C=O) groups excluding carboxylic acids is 2. The van der Waals surface area contributed by atoms with Crippen molar-refractivity contribution in [3.8, 4) is 0 Å². The number of aromatic nitrogens is 2. The first-order valence-electron chi connectivity index (χ1n) is 9.24. The number of sulfone groups is 1. The van der Waals surface area contributed by atoms with Crippen LogP contribution in [-0.4, -0.2) is 54.2 Å². The predicted octanol–water partition coefficient (Wildman–Crippen LogP) is 2.48. The fraction of sp³-hybridized carbons (Fsp3) is 0.526. The van der Waals surface area contributed by atoms with Gasteiger partial charge in [-0.1, -0.05) is 29.8 Å². The maximum atomic E-state index is 13.1. The second-order valence-corrected chi connectivity index (χ2v) is 11.2. The zero-order chi connectivity index (χ0) is 21.6. The van der Waals surface area contributed by atoms with Gasteiger partial charge in [-0.2, -0.15) is 5.10 Å². The summed E-state index contributed by atoms with van der Waals surface area (Å²) >= 11 is 3.37. The molecule has 1 aliphatic heterocycles. The number of hydrogen-bond donors (Lipinski definition) is 1. The first-order valence-corrected chi connectivity index (χ1v) is 11.9. The zero-order valence-electron chi connectivity index (χ0n) is 16.7. The third-order valence-corrected chi connectivity index (χ3v) is 7.49. The lowest BCUT2D eigenvalue weighted by Crippen LogP contribution is -2.50. The van der Waals surface area contributed by atoms with Crippen molar-refractivity contribution in [2.24, 2.45) is 5.92 Å². The lowest BCUT2D eigenvalue weighted by Gasteiger charge is -2.28. The van der Waals surface area contributed by atoms with E-state index in [9.17, 15) is 18.0 Å². The molecule has 158 valence electrons. The number of nitrogens with zero attached hydrogens (tertiary/aromatic N) is 2. The van der Waals surface area contributed by atoms with Crippen LogP contribution in [0.4, 0.5) is 0 Å². The van der Waals surface area contributed by atoms with Crippen molar-refractivity contribution in [1.82, 2.24) is 15.1 Å². The molecule has 10 heteroatoms. The molecule has 0 radical (unpaired) electrons. The van der Waals surface area contributed by atoms with E-state index >= 15 is 0 Å². The number of amides is 1. The third kappa shape index (κ3) is 4.48. The minimum atomic E-state index is -3.15. The second kappa shape index (κ2) is 7.71. The average molecular weight is 486 g/mol. The molecule has 2 aromatic rings. The molecule has 0 saturated carbocycles. The van der Waals surface area contributed by atoms with Crippen LogP contribution >= 0.6 is 15.9 Å². The molecule has 1 aromatic carbocycles. The molecule has 2 heterocycles. The van der Waals surface area contributed by atoms with Gasteiger partial charge in [0.2, 0.25) is 5.91 Å². The van der Waals surface area contributed by atoms with Crippen molar-refractivity contribution >= 4 is 48.5 Å². The first kappa shape index (κ1) is 21.8. The first-order chi connectivity index (χ1) is 13.4. The van der Waals surface area contributed by atoms with Gasteiger partial charge in [0.05, 0.1) is 35.2 Å². The number of esters is 1. The monoisotopic (exact) mass is 485 g/mol. The number of fused-ring (bicyclic) bond motifs is 1. The predicted molar refractivity (Wildman–Crippen MR) is 112 cm³/mol. The SMILES string of the molecule is COC(=O)c1cc(Br)cc2nn(C(C(=O)NC3(C)CCS(=O)(=O)C3)C(C)C)cc12. The Morgan fingerprint density at radius 1 is 1.34 bits per heavy atom. The summed E-state index contributed by atoms with van der Waals surface area (Å²) in [5, 5.41) is 8.01. The summed E-state index contributed by atoms with van der Waals surface area (Å²) in [6, 6.07) is 2.75. The van der Waals surface area contributed by atoms with Gasteiger partial charge in [0.25, 0.3) is 0 Å². The summed E-state index contributed by atoms with van der Waals surface area (Å²) in [5.74, 6) is -0.915. The maximum Gasteiger partial charge on any atom is 0.338 e. The van der Waals surface area contributed by atoms with Crippen LogP contribution in [0.5, 0.6) is 0 Å². The van der Waals surface area contributed by atoms with Crippen molar-refractivity contribution in [1.29, 1.82) is 0 Å². The van der Waals surface area contributed by atoms with Crippen molar-refractivity contribution in [2.45, 2.75) is 38.8 Å². The summed E-state index contributed by atoms with van der Waals surface area (Å²) in [7, 11) is -1.84. The quantitative estimate of drug-likeness (QED) is 0.651. The molecular formula is C19H24BrN3O5S. The highest BCUT2D eigenvalue weighted by molar-refractivity contribution is 9.10. The normalized spacial score (nSPS) is 22.0. The molecule has 2 atom stereocenters. The Morgan fingerprint density at radius 3 is 2.59 bits per heavy atom. The van der Waals surface area contributed by atoms with Gasteiger partial charge >= 0.3 is 5.97 Å². The average Bonchev–Trinajstić information content (AvgIpc) is 3.12. The Morgan fingerprint density at radius 2 is 2.03 bits per heavy atom. The molecule has 1 fully saturated rings. The number of ether oxygens (including phenoxy) is 1. The Kier molecular flexibility index (Phi) is 5.79. The van der Waals surface area contributed by atoms with E-state index in [1.165, 1.54) is 11.8 Å². The molecule has 1 amide bonds. The van der Waals surface area contributed by atoms with E-state index in [0.29, 0.717) is 27.4 Å². The standard InChI is InChI=1S/C19H24BrN3O5S/c1-11(2)16(17(24)21-19(3)5-6-29(26,27)10-19)23-9-14-13(18(25)28-4)7-12(20)8-15(14)22-23/h7-9,11,16H,5-6,10H2,1-4H3,(H,21,24). The van der Waals surface area contributed by atoms with Crippen LogP contribution in [0.2, 0.25) is 0 Å². The van der Waals surface area contributed by atoms with Gasteiger partial charge in [0.1, 0.15) is 6.04 Å². The molecule has 8 nitrogen and oxygen atoms in total. The number of methoxy groups -OCH3 is 1. The summed E-state index contributed by atoms with van der Waals surface area (Å²) in [5.41, 5.74) is 0.100. The second-order valence-electron chi connectivity index (χ2n) is 8.07. The van der Waals surface area contributed by atoms with Crippen LogP contribution in [0.25, 0.3) is 10.9 Å². The fourth-order valence-corrected chi connectivity index (χ4v) is 6.28. The lowest BCUT2D eigenvalue weighted by atomic mass is 9.98. The number of nitrogens with one attached hydrogen (secondary N) is 1. The van der Waals surface area contributed by atoms with E-state index in [0.717, 1.165) is 0 Å². The van der Waals surface area contributed by atoms with Gasteiger partial charge in [-0.25, -0.2) is 13.2 Å². The smallest absolute Gasteiger partial charge is 0.338 e. The van der Waals surface area contributed by atoms with Crippen molar-refractivity contribution in [2.75, 3.05) is 18.6 Å². The van der Waals surface area contributed by atoms with E-state index in [4.69, 9.17) is 4.74 Å².